The van der Waals surface area contributed by atoms with E-state index in [0.717, 1.165) is 55.1 Å². The second-order valence-corrected chi connectivity index (χ2v) is 9.34. The first kappa shape index (κ1) is 21.6. The topological polar surface area (TPSA) is 96.7 Å². The maximum absolute atomic E-state index is 4.78. The van der Waals surface area contributed by atoms with Gasteiger partial charge in [-0.2, -0.15) is 21.3 Å². The highest BCUT2D eigenvalue weighted by Crippen LogP contribution is 2.27. The maximum atomic E-state index is 4.78. The average Bonchev–Trinajstić information content (AvgIpc) is 3.57. The number of piperidine rings is 1. The van der Waals surface area contributed by atoms with Gasteiger partial charge >= 0.3 is 0 Å². The maximum Gasteiger partial charge on any atom is 0.232 e. The lowest BCUT2D eigenvalue weighted by molar-refractivity contribution is 0.211. The minimum absolute atomic E-state index is 0.316. The van der Waals surface area contributed by atoms with Crippen molar-refractivity contribution in [3.05, 3.63) is 77.6 Å². The average molecular weight is 484 g/mol. The number of benzene rings is 1. The van der Waals surface area contributed by atoms with Gasteiger partial charge in [-0.1, -0.05) is 30.3 Å². The Hall–Kier alpha value is -3.89. The third-order valence-corrected chi connectivity index (χ3v) is 6.83. The van der Waals surface area contributed by atoms with Gasteiger partial charge in [0.1, 0.15) is 6.33 Å². The van der Waals surface area contributed by atoms with E-state index in [9.17, 15) is 0 Å². The molecule has 1 aromatic carbocycles. The van der Waals surface area contributed by atoms with Crippen LogP contribution in [0.5, 0.6) is 0 Å². The summed E-state index contributed by atoms with van der Waals surface area (Å²) in [6.07, 6.45) is 8.81. The summed E-state index contributed by atoms with van der Waals surface area (Å²) in [5.41, 5.74) is 3.89. The standard InChI is InChI=1S/C25H25N9S/c1-2-4-18(5-3-1)15-33-11-6-19(7-12-33)29-23-22-24(34(17-28-22)20-8-13-35-16-20)32-25(31-23)30-21-14-26-9-10-27-21/h1-5,8-10,13-14,16-17,19H,6-7,11-12,15H2,(H2,27,29,30,31,32). The van der Waals surface area contributed by atoms with Crippen molar-refractivity contribution in [1.29, 1.82) is 0 Å². The van der Waals surface area contributed by atoms with Crippen molar-refractivity contribution in [3.8, 4) is 5.69 Å². The van der Waals surface area contributed by atoms with Gasteiger partial charge in [0.05, 0.1) is 11.9 Å². The molecule has 1 fully saturated rings. The second-order valence-electron chi connectivity index (χ2n) is 8.56. The molecule has 176 valence electrons. The van der Waals surface area contributed by atoms with E-state index in [4.69, 9.17) is 9.97 Å². The normalized spacial score (nSPS) is 14.9. The van der Waals surface area contributed by atoms with E-state index in [1.54, 1.807) is 36.3 Å². The van der Waals surface area contributed by atoms with Gasteiger partial charge < -0.3 is 10.6 Å². The molecule has 5 heterocycles. The number of thiophene rings is 1. The molecule has 0 atom stereocenters. The number of rotatable bonds is 7. The Bertz CT molecular complexity index is 1380. The lowest BCUT2D eigenvalue weighted by atomic mass is 10.0. The number of aromatic nitrogens is 6. The van der Waals surface area contributed by atoms with Crippen LogP contribution in [0.4, 0.5) is 17.6 Å². The number of likely N-dealkylation sites (tertiary alicyclic amines) is 1. The fraction of sp³-hybridized carbons (Fsp3) is 0.240. The summed E-state index contributed by atoms with van der Waals surface area (Å²) in [6, 6.07) is 13.0. The molecule has 0 aliphatic carbocycles. The van der Waals surface area contributed by atoms with Gasteiger partial charge in [-0.15, -0.1) is 0 Å². The van der Waals surface area contributed by atoms with E-state index in [0.29, 0.717) is 17.8 Å². The zero-order valence-corrected chi connectivity index (χ0v) is 19.9. The van der Waals surface area contributed by atoms with Crippen LogP contribution in [0.3, 0.4) is 0 Å². The molecule has 5 aromatic rings. The molecule has 0 saturated carbocycles. The SMILES string of the molecule is c1ccc(CN2CCC(Nc3nc(Nc4cnccn4)nc4c3ncn4-c3ccsc3)CC2)cc1. The number of hydrogen-bond acceptors (Lipinski definition) is 9. The molecule has 9 nitrogen and oxygen atoms in total. The Kier molecular flexibility index (Phi) is 6.04. The van der Waals surface area contributed by atoms with Crippen molar-refractivity contribution in [2.24, 2.45) is 0 Å². The lowest BCUT2D eigenvalue weighted by Crippen LogP contribution is -2.38. The molecule has 10 heteroatoms. The van der Waals surface area contributed by atoms with Crippen LogP contribution in [0.25, 0.3) is 16.9 Å². The molecule has 0 bridgehead atoms. The van der Waals surface area contributed by atoms with Crippen molar-refractivity contribution >= 4 is 40.1 Å². The van der Waals surface area contributed by atoms with Gasteiger partial charge in [0.25, 0.3) is 0 Å². The quantitative estimate of drug-likeness (QED) is 0.350. The van der Waals surface area contributed by atoms with E-state index >= 15 is 0 Å². The van der Waals surface area contributed by atoms with Gasteiger partial charge in [-0.25, -0.2) is 9.97 Å². The van der Waals surface area contributed by atoms with E-state index < -0.39 is 0 Å². The van der Waals surface area contributed by atoms with E-state index in [1.807, 2.05) is 9.95 Å². The minimum atomic E-state index is 0.316. The van der Waals surface area contributed by atoms with Gasteiger partial charge in [-0.3, -0.25) is 14.5 Å². The van der Waals surface area contributed by atoms with Gasteiger partial charge in [0.15, 0.2) is 22.8 Å². The predicted octanol–water partition coefficient (Wildman–Crippen LogP) is 4.49. The third-order valence-electron chi connectivity index (χ3n) is 6.16. The summed E-state index contributed by atoms with van der Waals surface area (Å²) in [5, 5.41) is 11.0. The highest BCUT2D eigenvalue weighted by Gasteiger charge is 2.22. The molecule has 4 aromatic heterocycles. The van der Waals surface area contributed by atoms with Crippen molar-refractivity contribution in [2.75, 3.05) is 23.7 Å². The number of fused-ring (bicyclic) bond motifs is 1. The number of nitrogens with one attached hydrogen (secondary N) is 2. The Morgan fingerprint density at radius 2 is 1.89 bits per heavy atom. The van der Waals surface area contributed by atoms with Gasteiger partial charge in [-0.05, 0) is 29.9 Å². The fourth-order valence-electron chi connectivity index (χ4n) is 4.39. The molecule has 1 saturated heterocycles. The van der Waals surface area contributed by atoms with Crippen LogP contribution in [0.1, 0.15) is 18.4 Å². The Balaban J connectivity index is 1.24. The summed E-state index contributed by atoms with van der Waals surface area (Å²) in [7, 11) is 0. The number of hydrogen-bond donors (Lipinski definition) is 2. The van der Waals surface area contributed by atoms with Crippen LogP contribution < -0.4 is 10.6 Å². The summed E-state index contributed by atoms with van der Waals surface area (Å²) < 4.78 is 1.99. The van der Waals surface area contributed by atoms with E-state index in [1.165, 1.54) is 5.56 Å². The van der Waals surface area contributed by atoms with Crippen LogP contribution in [0.2, 0.25) is 0 Å². The molecule has 0 spiro atoms. The van der Waals surface area contributed by atoms with Crippen molar-refractivity contribution in [1.82, 2.24) is 34.4 Å². The number of nitrogens with zero attached hydrogens (tertiary/aromatic N) is 7. The lowest BCUT2D eigenvalue weighted by Gasteiger charge is -2.32. The Morgan fingerprint density at radius 1 is 1.00 bits per heavy atom. The second kappa shape index (κ2) is 9.77. The summed E-state index contributed by atoms with van der Waals surface area (Å²) >= 11 is 1.64. The first-order chi connectivity index (χ1) is 17.3. The van der Waals surface area contributed by atoms with Crippen LogP contribution in [0, 0.1) is 0 Å². The molecular weight excluding hydrogens is 458 g/mol. The third kappa shape index (κ3) is 4.84. The Morgan fingerprint density at radius 3 is 2.66 bits per heavy atom. The Labute approximate surface area is 206 Å². The summed E-state index contributed by atoms with van der Waals surface area (Å²) in [4.78, 5) is 25.2. The molecule has 0 amide bonds. The van der Waals surface area contributed by atoms with Gasteiger partial charge in [0.2, 0.25) is 5.95 Å². The summed E-state index contributed by atoms with van der Waals surface area (Å²) in [6.45, 7) is 3.06. The van der Waals surface area contributed by atoms with Crippen molar-refractivity contribution in [3.63, 3.8) is 0 Å². The first-order valence-corrected chi connectivity index (χ1v) is 12.6. The van der Waals surface area contributed by atoms with Crippen LogP contribution in [-0.4, -0.2) is 53.5 Å². The molecule has 1 aliphatic heterocycles. The van der Waals surface area contributed by atoms with Gasteiger partial charge in [0, 0.05) is 43.4 Å². The fourth-order valence-corrected chi connectivity index (χ4v) is 5.02. The molecule has 2 N–H and O–H groups in total. The largest absolute Gasteiger partial charge is 0.365 e. The number of imidazole rings is 1. The van der Waals surface area contributed by atoms with Crippen molar-refractivity contribution in [2.45, 2.75) is 25.4 Å². The molecule has 35 heavy (non-hydrogen) atoms. The van der Waals surface area contributed by atoms with Crippen LogP contribution in [-0.2, 0) is 6.54 Å². The molecular formula is C25H25N9S. The van der Waals surface area contributed by atoms with Crippen LogP contribution >= 0.6 is 11.3 Å². The summed E-state index contributed by atoms with van der Waals surface area (Å²) in [5.74, 6) is 1.78. The monoisotopic (exact) mass is 483 g/mol. The van der Waals surface area contributed by atoms with Crippen molar-refractivity contribution < 1.29 is 0 Å². The zero-order valence-electron chi connectivity index (χ0n) is 19.1. The van der Waals surface area contributed by atoms with E-state index in [2.05, 4.69) is 72.3 Å². The highest BCUT2D eigenvalue weighted by molar-refractivity contribution is 7.08. The first-order valence-electron chi connectivity index (χ1n) is 11.7. The zero-order chi connectivity index (χ0) is 23.5. The predicted molar refractivity (Wildman–Crippen MR) is 138 cm³/mol. The number of anilines is 3. The highest BCUT2D eigenvalue weighted by atomic mass is 32.1. The van der Waals surface area contributed by atoms with E-state index in [-0.39, 0.29) is 0 Å². The molecule has 0 radical (unpaired) electrons. The van der Waals surface area contributed by atoms with Crippen LogP contribution in [0.15, 0.2) is 72.1 Å². The minimum Gasteiger partial charge on any atom is -0.365 e. The molecule has 6 rings (SSSR count). The smallest absolute Gasteiger partial charge is 0.232 e. The molecule has 0 unspecified atom stereocenters. The molecule has 1 aliphatic rings.